The molecule has 5 nitrogen and oxygen atoms in total. The molecule has 30 heavy (non-hydrogen) atoms. The van der Waals surface area contributed by atoms with Gasteiger partial charge in [-0.25, -0.2) is 4.39 Å². The van der Waals surface area contributed by atoms with E-state index in [0.717, 1.165) is 28.1 Å². The van der Waals surface area contributed by atoms with E-state index in [1.807, 2.05) is 43.5 Å². The summed E-state index contributed by atoms with van der Waals surface area (Å²) in [5, 5.41) is 28.8. The molecule has 6 heteroatoms. The van der Waals surface area contributed by atoms with Gasteiger partial charge in [0.1, 0.15) is 5.82 Å². The van der Waals surface area contributed by atoms with E-state index in [4.69, 9.17) is 5.11 Å². The third kappa shape index (κ3) is 5.34. The number of para-hydroxylation sites is 1. The van der Waals surface area contributed by atoms with Crippen molar-refractivity contribution in [2.24, 2.45) is 0 Å². The highest BCUT2D eigenvalue weighted by atomic mass is 19.1. The average Bonchev–Trinajstić information content (AvgIpc) is 3.03. The summed E-state index contributed by atoms with van der Waals surface area (Å²) >= 11 is 0. The summed E-state index contributed by atoms with van der Waals surface area (Å²) in [5.41, 5.74) is 4.87. The topological polar surface area (TPSA) is 82.7 Å². The van der Waals surface area contributed by atoms with Crippen molar-refractivity contribution in [1.82, 2.24) is 4.57 Å². The van der Waals surface area contributed by atoms with E-state index in [-0.39, 0.29) is 18.7 Å². The van der Waals surface area contributed by atoms with Crippen molar-refractivity contribution in [3.8, 4) is 16.8 Å². The van der Waals surface area contributed by atoms with Crippen LogP contribution in [0.1, 0.15) is 30.5 Å². The molecule has 3 rings (SSSR count). The van der Waals surface area contributed by atoms with Crippen molar-refractivity contribution in [1.29, 1.82) is 0 Å². The third-order valence-corrected chi connectivity index (χ3v) is 5.25. The smallest absolute Gasteiger partial charge is 0.305 e. The molecule has 1 heterocycles. The van der Waals surface area contributed by atoms with Crippen LogP contribution in [0.15, 0.2) is 60.8 Å². The maximum absolute atomic E-state index is 13.4. The van der Waals surface area contributed by atoms with E-state index in [0.29, 0.717) is 12.8 Å². The number of benzene rings is 2. The number of hydrogen-bond donors (Lipinski definition) is 3. The molecule has 3 aromatic rings. The lowest BCUT2D eigenvalue weighted by Crippen LogP contribution is -2.21. The van der Waals surface area contributed by atoms with E-state index in [2.05, 4.69) is 4.57 Å². The lowest BCUT2D eigenvalue weighted by molar-refractivity contribution is -0.139. The summed E-state index contributed by atoms with van der Waals surface area (Å²) in [6.07, 6.45) is 0.657. The highest BCUT2D eigenvalue weighted by molar-refractivity contribution is 5.69. The van der Waals surface area contributed by atoms with Crippen molar-refractivity contribution in [2.45, 2.75) is 44.8 Å². The van der Waals surface area contributed by atoms with E-state index in [1.165, 1.54) is 12.1 Å². The molecule has 3 N–H and O–H groups in total. The van der Waals surface area contributed by atoms with Gasteiger partial charge in [0.25, 0.3) is 0 Å². The van der Waals surface area contributed by atoms with E-state index >= 15 is 0 Å². The fourth-order valence-corrected chi connectivity index (χ4v) is 3.72. The maximum Gasteiger partial charge on any atom is 0.305 e. The molecule has 0 radical (unpaired) electrons. The Hall–Kier alpha value is -2.96. The Morgan fingerprint density at radius 3 is 2.33 bits per heavy atom. The van der Waals surface area contributed by atoms with Gasteiger partial charge in [-0.05, 0) is 61.6 Å². The van der Waals surface area contributed by atoms with Gasteiger partial charge in [-0.1, -0.05) is 30.3 Å². The number of rotatable bonds is 9. The van der Waals surface area contributed by atoms with E-state index < -0.39 is 18.2 Å². The zero-order valence-electron chi connectivity index (χ0n) is 16.8. The second-order valence-electron chi connectivity index (χ2n) is 7.50. The molecular weight excluding hydrogens is 385 g/mol. The first-order valence-electron chi connectivity index (χ1n) is 9.95. The summed E-state index contributed by atoms with van der Waals surface area (Å²) in [5.74, 6) is -1.40. The zero-order valence-corrected chi connectivity index (χ0v) is 16.8. The number of halogens is 1. The van der Waals surface area contributed by atoms with Crippen LogP contribution in [0, 0.1) is 12.7 Å². The quantitative estimate of drug-likeness (QED) is 0.495. The summed E-state index contributed by atoms with van der Waals surface area (Å²) in [7, 11) is 0. The number of aliphatic hydroxyl groups excluding tert-OH is 2. The highest BCUT2D eigenvalue weighted by Gasteiger charge is 2.19. The maximum atomic E-state index is 13.4. The van der Waals surface area contributed by atoms with Crippen LogP contribution >= 0.6 is 0 Å². The normalized spacial score (nSPS) is 13.2. The van der Waals surface area contributed by atoms with Crippen LogP contribution in [-0.4, -0.2) is 38.1 Å². The Morgan fingerprint density at radius 1 is 1.03 bits per heavy atom. The van der Waals surface area contributed by atoms with Crippen LogP contribution < -0.4 is 0 Å². The molecule has 1 aromatic heterocycles. The van der Waals surface area contributed by atoms with Gasteiger partial charge in [-0.3, -0.25) is 4.79 Å². The fraction of sp³-hybridized carbons (Fsp3) is 0.292. The van der Waals surface area contributed by atoms with Gasteiger partial charge in [0, 0.05) is 23.1 Å². The second-order valence-corrected chi connectivity index (χ2v) is 7.50. The van der Waals surface area contributed by atoms with E-state index in [1.54, 1.807) is 12.1 Å². The highest BCUT2D eigenvalue weighted by Crippen LogP contribution is 2.32. The van der Waals surface area contributed by atoms with Gasteiger partial charge >= 0.3 is 5.97 Å². The Kier molecular flexibility index (Phi) is 7.03. The minimum absolute atomic E-state index is 0.0105. The molecule has 0 aliphatic rings. The molecule has 0 aliphatic carbocycles. The van der Waals surface area contributed by atoms with Crippen molar-refractivity contribution in [3.05, 3.63) is 77.9 Å². The largest absolute Gasteiger partial charge is 0.481 e. The van der Waals surface area contributed by atoms with Crippen LogP contribution in [-0.2, 0) is 11.2 Å². The first kappa shape index (κ1) is 21.7. The fourth-order valence-electron chi connectivity index (χ4n) is 3.72. The third-order valence-electron chi connectivity index (χ3n) is 5.25. The van der Waals surface area contributed by atoms with Crippen molar-refractivity contribution in [2.75, 3.05) is 0 Å². The molecule has 2 aromatic carbocycles. The van der Waals surface area contributed by atoms with Crippen molar-refractivity contribution < 1.29 is 24.5 Å². The van der Waals surface area contributed by atoms with Gasteiger partial charge in [0.05, 0.1) is 18.6 Å². The molecule has 1 unspecified atom stereocenters. The molecule has 2 atom stereocenters. The van der Waals surface area contributed by atoms with Crippen molar-refractivity contribution >= 4 is 5.97 Å². The van der Waals surface area contributed by atoms with Crippen LogP contribution in [0.25, 0.3) is 16.8 Å². The number of carboxylic acids is 1. The predicted molar refractivity (Wildman–Crippen MR) is 113 cm³/mol. The Bertz CT molecular complexity index is 982. The molecule has 0 aliphatic heterocycles. The number of carboxylic acid groups (broad SMARTS) is 1. The second kappa shape index (κ2) is 9.69. The predicted octanol–water partition coefficient (Wildman–Crippen LogP) is 4.11. The summed E-state index contributed by atoms with van der Waals surface area (Å²) in [6.45, 7) is 2.00. The summed E-state index contributed by atoms with van der Waals surface area (Å²) in [6, 6.07) is 16.2. The molecule has 0 saturated carbocycles. The molecule has 158 valence electrons. The molecule has 0 spiro atoms. The Morgan fingerprint density at radius 2 is 1.70 bits per heavy atom. The first-order chi connectivity index (χ1) is 14.3. The molecule has 0 amide bonds. The number of aliphatic hydroxyl groups is 2. The van der Waals surface area contributed by atoms with Gasteiger partial charge in [0.2, 0.25) is 0 Å². The molecular formula is C24H26FNO4. The van der Waals surface area contributed by atoms with E-state index in [9.17, 15) is 19.4 Å². The summed E-state index contributed by atoms with van der Waals surface area (Å²) in [4.78, 5) is 10.7. The van der Waals surface area contributed by atoms with Gasteiger partial charge < -0.3 is 19.9 Å². The van der Waals surface area contributed by atoms with Crippen LogP contribution in [0.5, 0.6) is 0 Å². The number of nitrogens with zero attached hydrogens (tertiary/aromatic N) is 1. The summed E-state index contributed by atoms with van der Waals surface area (Å²) < 4.78 is 15.5. The van der Waals surface area contributed by atoms with Crippen molar-refractivity contribution in [3.63, 3.8) is 0 Å². The van der Waals surface area contributed by atoms with Crippen LogP contribution in [0.3, 0.4) is 0 Å². The molecule has 0 fully saturated rings. The minimum Gasteiger partial charge on any atom is -0.481 e. The van der Waals surface area contributed by atoms with Gasteiger partial charge in [-0.15, -0.1) is 0 Å². The monoisotopic (exact) mass is 411 g/mol. The minimum atomic E-state index is -1.09. The van der Waals surface area contributed by atoms with Gasteiger partial charge in [0.15, 0.2) is 0 Å². The standard InChI is InChI=1S/C24H26FNO4/c1-16-22(12-11-20(27)13-21(28)14-24(29)30)23(17-7-9-18(25)10-8-17)15-26(16)19-5-3-2-4-6-19/h2-10,15,20-21,27-28H,11-14H2,1H3,(H,29,30)/t20?,21-/m1/s1. The Labute approximate surface area is 175 Å². The average molecular weight is 411 g/mol. The molecule has 0 saturated heterocycles. The number of aromatic nitrogens is 1. The lowest BCUT2D eigenvalue weighted by Gasteiger charge is -2.15. The zero-order chi connectivity index (χ0) is 21.7. The number of hydrogen-bond acceptors (Lipinski definition) is 3. The number of carbonyl (C=O) groups is 1. The first-order valence-corrected chi connectivity index (χ1v) is 9.95. The molecule has 0 bridgehead atoms. The lowest BCUT2D eigenvalue weighted by atomic mass is 9.96. The van der Waals surface area contributed by atoms with Gasteiger partial charge in [-0.2, -0.15) is 0 Å². The Balaban J connectivity index is 1.87. The van der Waals surface area contributed by atoms with Crippen LogP contribution in [0.4, 0.5) is 4.39 Å². The SMILES string of the molecule is Cc1c(CCC(O)C[C@@H](O)CC(=O)O)c(-c2ccc(F)cc2)cn1-c1ccccc1. The van der Waals surface area contributed by atoms with Crippen LogP contribution in [0.2, 0.25) is 0 Å². The number of aliphatic carboxylic acids is 1.